The zero-order valence-electron chi connectivity index (χ0n) is 15.5. The summed E-state index contributed by atoms with van der Waals surface area (Å²) in [6, 6.07) is 10.7. The monoisotopic (exact) mass is 332 g/mol. The number of hydrogen-bond acceptors (Lipinski definition) is 3. The van der Waals surface area contributed by atoms with Crippen LogP contribution in [0.4, 0.5) is 4.79 Å². The molecule has 1 fully saturated rings. The molecule has 1 aromatic carbocycles. The molecule has 0 atom stereocenters. The van der Waals surface area contributed by atoms with Crippen molar-refractivity contribution in [1.82, 2.24) is 10.4 Å². The highest BCUT2D eigenvalue weighted by molar-refractivity contribution is 5.67. The van der Waals surface area contributed by atoms with Crippen LogP contribution in [0.3, 0.4) is 0 Å². The number of carbonyl (C=O) groups excluding carboxylic acids is 1. The number of rotatable bonds is 5. The lowest BCUT2D eigenvalue weighted by atomic mass is 9.84. The van der Waals surface area contributed by atoms with Gasteiger partial charge in [0.1, 0.15) is 5.60 Å². The van der Waals surface area contributed by atoms with Crippen molar-refractivity contribution < 1.29 is 9.53 Å². The third kappa shape index (κ3) is 6.16. The molecule has 1 aromatic rings. The Balaban J connectivity index is 2.02. The smallest absolute Gasteiger partial charge is 0.422 e. The van der Waals surface area contributed by atoms with Gasteiger partial charge in [0, 0.05) is 12.6 Å². The fourth-order valence-corrected chi connectivity index (χ4v) is 3.32. The number of hydrogen-bond donors (Lipinski definition) is 1. The van der Waals surface area contributed by atoms with Gasteiger partial charge >= 0.3 is 6.09 Å². The molecule has 1 aliphatic carbocycles. The van der Waals surface area contributed by atoms with Gasteiger partial charge in [-0.05, 0) is 57.9 Å². The molecule has 1 aliphatic rings. The van der Waals surface area contributed by atoms with E-state index in [-0.39, 0.29) is 6.09 Å². The fraction of sp³-hybridized carbons (Fsp3) is 0.650. The van der Waals surface area contributed by atoms with Crippen LogP contribution in [0, 0.1) is 5.92 Å². The van der Waals surface area contributed by atoms with E-state index in [0.29, 0.717) is 12.6 Å². The second-order valence-electron chi connectivity index (χ2n) is 7.81. The lowest BCUT2D eigenvalue weighted by Crippen LogP contribution is -2.50. The maximum absolute atomic E-state index is 12.2. The topological polar surface area (TPSA) is 41.6 Å². The standard InChI is InChI=1S/C20H32N2O2/c1-5-16-11-13-18(14-12-16)22(15-17-9-7-6-8-10-17)21-19(23)24-20(2,3)4/h6-10,16,18H,5,11-15H2,1-4H3,(H,21,23). The second kappa shape index (κ2) is 8.52. The fourth-order valence-electron chi connectivity index (χ4n) is 3.32. The van der Waals surface area contributed by atoms with E-state index in [1.165, 1.54) is 24.8 Å². The summed E-state index contributed by atoms with van der Waals surface area (Å²) in [7, 11) is 0. The Labute approximate surface area is 146 Å². The molecule has 0 aliphatic heterocycles. The first kappa shape index (κ1) is 18.8. The molecule has 0 unspecified atom stereocenters. The van der Waals surface area contributed by atoms with Gasteiger partial charge in [0.15, 0.2) is 0 Å². The Morgan fingerprint density at radius 1 is 1.17 bits per heavy atom. The van der Waals surface area contributed by atoms with Crippen molar-refractivity contribution in [1.29, 1.82) is 0 Å². The van der Waals surface area contributed by atoms with E-state index >= 15 is 0 Å². The summed E-state index contributed by atoms with van der Waals surface area (Å²) in [5.41, 5.74) is 3.71. The van der Waals surface area contributed by atoms with Crippen molar-refractivity contribution in [3.63, 3.8) is 0 Å². The molecule has 0 heterocycles. The van der Waals surface area contributed by atoms with Crippen molar-refractivity contribution in [2.75, 3.05) is 0 Å². The Morgan fingerprint density at radius 2 is 1.79 bits per heavy atom. The van der Waals surface area contributed by atoms with Crippen molar-refractivity contribution in [3.05, 3.63) is 35.9 Å². The van der Waals surface area contributed by atoms with Crippen LogP contribution in [0.2, 0.25) is 0 Å². The molecular weight excluding hydrogens is 300 g/mol. The molecule has 4 heteroatoms. The zero-order chi connectivity index (χ0) is 17.6. The Kier molecular flexibility index (Phi) is 6.67. The van der Waals surface area contributed by atoms with Crippen molar-refractivity contribution in [2.24, 2.45) is 5.92 Å². The zero-order valence-corrected chi connectivity index (χ0v) is 15.5. The van der Waals surface area contributed by atoms with Crippen LogP contribution < -0.4 is 5.43 Å². The number of benzene rings is 1. The number of nitrogens with zero attached hydrogens (tertiary/aromatic N) is 1. The van der Waals surface area contributed by atoms with Crippen LogP contribution in [0.1, 0.15) is 65.4 Å². The molecular formula is C20H32N2O2. The molecule has 1 amide bonds. The van der Waals surface area contributed by atoms with Crippen LogP contribution in [-0.2, 0) is 11.3 Å². The first-order chi connectivity index (χ1) is 11.4. The molecule has 1 saturated carbocycles. The quantitative estimate of drug-likeness (QED) is 0.780. The molecule has 4 nitrogen and oxygen atoms in total. The minimum atomic E-state index is -0.484. The van der Waals surface area contributed by atoms with Gasteiger partial charge in [0.25, 0.3) is 0 Å². The van der Waals surface area contributed by atoms with Crippen LogP contribution in [0.25, 0.3) is 0 Å². The molecule has 0 aromatic heterocycles. The van der Waals surface area contributed by atoms with E-state index in [0.717, 1.165) is 18.8 Å². The molecule has 1 N–H and O–H groups in total. The minimum absolute atomic E-state index is 0.365. The maximum Gasteiger partial charge on any atom is 0.422 e. The third-order valence-electron chi connectivity index (χ3n) is 4.66. The predicted molar refractivity (Wildman–Crippen MR) is 97.4 cm³/mol. The third-order valence-corrected chi connectivity index (χ3v) is 4.66. The number of carbonyl (C=O) groups is 1. The van der Waals surface area contributed by atoms with E-state index in [1.54, 1.807) is 0 Å². The highest BCUT2D eigenvalue weighted by Crippen LogP contribution is 2.29. The largest absolute Gasteiger partial charge is 0.443 e. The van der Waals surface area contributed by atoms with E-state index in [9.17, 15) is 4.79 Å². The average molecular weight is 332 g/mol. The summed E-state index contributed by atoms with van der Waals surface area (Å²) in [6.07, 6.45) is 5.62. The van der Waals surface area contributed by atoms with Crippen LogP contribution in [0.5, 0.6) is 0 Å². The molecule has 0 spiro atoms. The van der Waals surface area contributed by atoms with Gasteiger partial charge in [-0.25, -0.2) is 9.80 Å². The highest BCUT2D eigenvalue weighted by atomic mass is 16.6. The molecule has 0 saturated heterocycles. The van der Waals surface area contributed by atoms with E-state index in [4.69, 9.17) is 4.74 Å². The van der Waals surface area contributed by atoms with E-state index < -0.39 is 5.60 Å². The number of hydrazine groups is 1. The lowest BCUT2D eigenvalue weighted by Gasteiger charge is -2.37. The van der Waals surface area contributed by atoms with E-state index in [1.807, 2.05) is 39.0 Å². The normalized spacial score (nSPS) is 21.5. The van der Waals surface area contributed by atoms with Crippen LogP contribution >= 0.6 is 0 Å². The van der Waals surface area contributed by atoms with Gasteiger partial charge in [-0.2, -0.15) is 0 Å². The minimum Gasteiger partial charge on any atom is -0.443 e. The summed E-state index contributed by atoms with van der Waals surface area (Å²) in [5.74, 6) is 0.835. The molecule has 2 rings (SSSR count). The maximum atomic E-state index is 12.2. The van der Waals surface area contributed by atoms with Gasteiger partial charge in [-0.1, -0.05) is 43.7 Å². The summed E-state index contributed by atoms with van der Waals surface area (Å²) in [6.45, 7) is 8.65. The van der Waals surface area contributed by atoms with Crippen LogP contribution in [-0.4, -0.2) is 22.7 Å². The summed E-state index contributed by atoms with van der Waals surface area (Å²) in [4.78, 5) is 12.2. The Bertz CT molecular complexity index is 502. The van der Waals surface area contributed by atoms with E-state index in [2.05, 4.69) is 29.5 Å². The van der Waals surface area contributed by atoms with Crippen molar-refractivity contribution in [2.45, 2.75) is 78.0 Å². The summed E-state index contributed by atoms with van der Waals surface area (Å²) < 4.78 is 5.45. The van der Waals surface area contributed by atoms with Gasteiger partial charge in [-0.3, -0.25) is 5.43 Å². The highest BCUT2D eigenvalue weighted by Gasteiger charge is 2.27. The molecule has 0 bridgehead atoms. The lowest BCUT2D eigenvalue weighted by molar-refractivity contribution is 0.0144. The summed E-state index contributed by atoms with van der Waals surface area (Å²) >= 11 is 0. The van der Waals surface area contributed by atoms with Crippen LogP contribution in [0.15, 0.2) is 30.3 Å². The van der Waals surface area contributed by atoms with Gasteiger partial charge in [0.2, 0.25) is 0 Å². The van der Waals surface area contributed by atoms with Gasteiger partial charge in [-0.15, -0.1) is 0 Å². The number of amides is 1. The molecule has 24 heavy (non-hydrogen) atoms. The second-order valence-corrected chi connectivity index (χ2v) is 7.81. The van der Waals surface area contributed by atoms with Gasteiger partial charge < -0.3 is 4.74 Å². The summed E-state index contributed by atoms with van der Waals surface area (Å²) in [5, 5.41) is 2.08. The molecule has 0 radical (unpaired) electrons. The van der Waals surface area contributed by atoms with Crippen molar-refractivity contribution in [3.8, 4) is 0 Å². The number of ether oxygens (including phenoxy) is 1. The Hall–Kier alpha value is -1.55. The molecule has 134 valence electrons. The Morgan fingerprint density at radius 3 is 2.33 bits per heavy atom. The first-order valence-corrected chi connectivity index (χ1v) is 9.17. The number of nitrogens with one attached hydrogen (secondary N) is 1. The first-order valence-electron chi connectivity index (χ1n) is 9.17. The van der Waals surface area contributed by atoms with Gasteiger partial charge in [0.05, 0.1) is 0 Å². The van der Waals surface area contributed by atoms with Crippen molar-refractivity contribution >= 4 is 6.09 Å². The SMILES string of the molecule is CCC1CCC(N(Cc2ccccc2)NC(=O)OC(C)(C)C)CC1. The predicted octanol–water partition coefficient (Wildman–Crippen LogP) is 4.90. The average Bonchev–Trinajstić information content (AvgIpc) is 2.53.